The van der Waals surface area contributed by atoms with Crippen LogP contribution in [0.3, 0.4) is 0 Å². The lowest BCUT2D eigenvalue weighted by Crippen LogP contribution is -2.14. The van der Waals surface area contributed by atoms with Gasteiger partial charge in [-0.1, -0.05) is 35.0 Å². The summed E-state index contributed by atoms with van der Waals surface area (Å²) in [5.41, 5.74) is 1.12. The van der Waals surface area contributed by atoms with Gasteiger partial charge in [-0.3, -0.25) is 9.20 Å². The molecule has 0 aliphatic rings. The minimum atomic E-state index is -0.344. The topological polar surface area (TPSA) is 56.5 Å². The predicted molar refractivity (Wildman–Crippen MR) is 95.7 cm³/mol. The Bertz CT molecular complexity index is 896. The van der Waals surface area contributed by atoms with Gasteiger partial charge in [0, 0.05) is 11.8 Å². The standard InChI is InChI=1S/C16H13Cl2N3O2S/c1-9(14(22)10-3-5-12(23-2)6-4-10)24-16-20-19-15-13(18)7-11(17)8-21(15)16/h3-9H,1-2H3. The summed E-state index contributed by atoms with van der Waals surface area (Å²) >= 11 is 13.4. The van der Waals surface area contributed by atoms with Crippen LogP contribution in [0.4, 0.5) is 0 Å². The predicted octanol–water partition coefficient (Wildman–Crippen LogP) is 4.41. The van der Waals surface area contributed by atoms with E-state index >= 15 is 0 Å². The molecule has 8 heteroatoms. The largest absolute Gasteiger partial charge is 0.497 e. The lowest BCUT2D eigenvalue weighted by molar-refractivity contribution is 0.0994. The van der Waals surface area contributed by atoms with E-state index in [-0.39, 0.29) is 11.0 Å². The zero-order valence-corrected chi connectivity index (χ0v) is 15.2. The number of nitrogens with zero attached hydrogens (tertiary/aromatic N) is 3. The second-order valence-corrected chi connectivity index (χ2v) is 7.19. The average molecular weight is 382 g/mol. The summed E-state index contributed by atoms with van der Waals surface area (Å²) < 4.78 is 6.79. The molecule has 0 aliphatic heterocycles. The fourth-order valence-electron chi connectivity index (χ4n) is 2.18. The summed E-state index contributed by atoms with van der Waals surface area (Å²) in [6, 6.07) is 8.61. The number of aromatic nitrogens is 3. The maximum absolute atomic E-state index is 12.6. The number of hydrogen-bond acceptors (Lipinski definition) is 5. The highest BCUT2D eigenvalue weighted by Crippen LogP contribution is 2.29. The first-order valence-corrected chi connectivity index (χ1v) is 8.68. The maximum atomic E-state index is 12.6. The summed E-state index contributed by atoms with van der Waals surface area (Å²) in [7, 11) is 1.59. The van der Waals surface area contributed by atoms with Gasteiger partial charge in [-0.15, -0.1) is 10.2 Å². The second-order valence-electron chi connectivity index (χ2n) is 5.04. The maximum Gasteiger partial charge on any atom is 0.196 e. The number of methoxy groups -OCH3 is 1. The van der Waals surface area contributed by atoms with E-state index in [4.69, 9.17) is 27.9 Å². The van der Waals surface area contributed by atoms with Gasteiger partial charge in [0.15, 0.2) is 16.6 Å². The summed E-state index contributed by atoms with van der Waals surface area (Å²) in [5, 5.41) is 9.25. The molecular weight excluding hydrogens is 369 g/mol. The van der Waals surface area contributed by atoms with Gasteiger partial charge in [-0.25, -0.2) is 0 Å². The van der Waals surface area contributed by atoms with E-state index < -0.39 is 0 Å². The number of hydrogen-bond donors (Lipinski definition) is 0. The Morgan fingerprint density at radius 3 is 2.62 bits per heavy atom. The Labute approximate surface area is 152 Å². The third-order valence-electron chi connectivity index (χ3n) is 3.42. The van der Waals surface area contributed by atoms with Crippen LogP contribution < -0.4 is 4.74 Å². The van der Waals surface area contributed by atoms with Crippen molar-refractivity contribution in [2.75, 3.05) is 7.11 Å². The number of benzene rings is 1. The summed E-state index contributed by atoms with van der Waals surface area (Å²) in [5.74, 6) is 0.701. The van der Waals surface area contributed by atoms with E-state index in [0.29, 0.717) is 32.2 Å². The fraction of sp³-hybridized carbons (Fsp3) is 0.188. The van der Waals surface area contributed by atoms with Gasteiger partial charge < -0.3 is 4.74 Å². The van der Waals surface area contributed by atoms with Crippen LogP contribution >= 0.6 is 35.0 Å². The molecule has 1 aromatic carbocycles. The van der Waals surface area contributed by atoms with Crippen LogP contribution in [-0.4, -0.2) is 32.7 Å². The van der Waals surface area contributed by atoms with Gasteiger partial charge in [0.2, 0.25) is 0 Å². The van der Waals surface area contributed by atoms with Crippen LogP contribution in [0, 0.1) is 0 Å². The van der Waals surface area contributed by atoms with Crippen LogP contribution in [0.1, 0.15) is 17.3 Å². The second kappa shape index (κ2) is 7.01. The Morgan fingerprint density at radius 1 is 1.25 bits per heavy atom. The molecule has 1 unspecified atom stereocenters. The molecule has 0 saturated carbocycles. The zero-order valence-electron chi connectivity index (χ0n) is 12.9. The Kier molecular flexibility index (Phi) is 4.99. The van der Waals surface area contributed by atoms with Gasteiger partial charge in [0.05, 0.1) is 22.4 Å². The summed E-state index contributed by atoms with van der Waals surface area (Å²) in [6.45, 7) is 1.82. The molecule has 3 aromatic rings. The Hall–Kier alpha value is -1.76. The van der Waals surface area contributed by atoms with E-state index in [2.05, 4.69) is 10.2 Å². The van der Waals surface area contributed by atoms with E-state index in [1.54, 1.807) is 48.0 Å². The van der Waals surface area contributed by atoms with Crippen LogP contribution in [0.25, 0.3) is 5.65 Å². The number of rotatable bonds is 5. The molecule has 0 radical (unpaired) electrons. The first-order chi connectivity index (χ1) is 11.5. The van der Waals surface area contributed by atoms with Crippen LogP contribution in [0.15, 0.2) is 41.7 Å². The molecule has 5 nitrogen and oxygen atoms in total. The quantitative estimate of drug-likeness (QED) is 0.483. The molecule has 1 atom stereocenters. The smallest absolute Gasteiger partial charge is 0.196 e. The average Bonchev–Trinajstić information content (AvgIpc) is 2.97. The first kappa shape index (κ1) is 17.1. The molecule has 2 heterocycles. The van der Waals surface area contributed by atoms with Crippen molar-refractivity contribution in [3.8, 4) is 5.75 Å². The van der Waals surface area contributed by atoms with Crippen LogP contribution in [0.2, 0.25) is 10.0 Å². The molecule has 0 bridgehead atoms. The molecule has 0 fully saturated rings. The van der Waals surface area contributed by atoms with Crippen LogP contribution in [0.5, 0.6) is 5.75 Å². The number of carbonyl (C=O) groups excluding carboxylic acids is 1. The number of pyridine rings is 1. The molecule has 124 valence electrons. The Balaban J connectivity index is 1.83. The molecule has 3 rings (SSSR count). The highest BCUT2D eigenvalue weighted by atomic mass is 35.5. The van der Waals surface area contributed by atoms with Gasteiger partial charge in [-0.05, 0) is 37.3 Å². The molecule has 0 aliphatic carbocycles. The number of ketones is 1. The summed E-state index contributed by atoms with van der Waals surface area (Å²) in [6.07, 6.45) is 1.68. The minimum absolute atomic E-state index is 0.00692. The molecule has 0 amide bonds. The molecule has 2 aromatic heterocycles. The number of Topliss-reactive ketones (excluding diaryl/α,β-unsaturated/α-hetero) is 1. The van der Waals surface area contributed by atoms with Crippen molar-refractivity contribution in [1.29, 1.82) is 0 Å². The number of ether oxygens (including phenoxy) is 1. The lowest BCUT2D eigenvalue weighted by Gasteiger charge is -2.10. The number of carbonyl (C=O) groups is 1. The fourth-order valence-corrected chi connectivity index (χ4v) is 3.59. The SMILES string of the molecule is COc1ccc(C(=O)C(C)Sc2nnc3c(Cl)cc(Cl)cn23)cc1. The number of fused-ring (bicyclic) bond motifs is 1. The van der Waals surface area contributed by atoms with Gasteiger partial charge in [-0.2, -0.15) is 0 Å². The van der Waals surface area contributed by atoms with Crippen molar-refractivity contribution in [3.05, 3.63) is 52.1 Å². The summed E-state index contributed by atoms with van der Waals surface area (Å²) in [4.78, 5) is 12.6. The van der Waals surface area contributed by atoms with Crippen LogP contribution in [-0.2, 0) is 0 Å². The van der Waals surface area contributed by atoms with E-state index in [0.717, 1.165) is 0 Å². The monoisotopic (exact) mass is 381 g/mol. The van der Waals surface area contributed by atoms with E-state index in [1.807, 2.05) is 6.92 Å². The Morgan fingerprint density at radius 2 is 1.96 bits per heavy atom. The molecule has 0 N–H and O–H groups in total. The van der Waals surface area contributed by atoms with Gasteiger partial charge >= 0.3 is 0 Å². The third-order valence-corrected chi connectivity index (χ3v) is 4.96. The van der Waals surface area contributed by atoms with Crippen molar-refractivity contribution in [2.45, 2.75) is 17.3 Å². The third kappa shape index (κ3) is 3.36. The molecule has 0 spiro atoms. The minimum Gasteiger partial charge on any atom is -0.497 e. The van der Waals surface area contributed by atoms with Crippen molar-refractivity contribution in [1.82, 2.24) is 14.6 Å². The number of thioether (sulfide) groups is 1. The molecule has 0 saturated heterocycles. The van der Waals surface area contributed by atoms with Gasteiger partial charge in [0.25, 0.3) is 0 Å². The normalized spacial score (nSPS) is 12.3. The molecular formula is C16H13Cl2N3O2S. The first-order valence-electron chi connectivity index (χ1n) is 7.04. The van der Waals surface area contributed by atoms with Gasteiger partial charge in [0.1, 0.15) is 5.75 Å². The van der Waals surface area contributed by atoms with Crippen molar-refractivity contribution >= 4 is 46.4 Å². The van der Waals surface area contributed by atoms with Crippen molar-refractivity contribution in [3.63, 3.8) is 0 Å². The lowest BCUT2D eigenvalue weighted by atomic mass is 10.1. The number of halogens is 2. The highest BCUT2D eigenvalue weighted by molar-refractivity contribution is 8.00. The molecule has 24 heavy (non-hydrogen) atoms. The zero-order chi connectivity index (χ0) is 17.3. The van der Waals surface area contributed by atoms with Crippen molar-refractivity contribution < 1.29 is 9.53 Å². The van der Waals surface area contributed by atoms with E-state index in [1.165, 1.54) is 11.8 Å². The van der Waals surface area contributed by atoms with Crippen molar-refractivity contribution in [2.24, 2.45) is 0 Å². The highest BCUT2D eigenvalue weighted by Gasteiger charge is 2.20. The van der Waals surface area contributed by atoms with E-state index in [9.17, 15) is 4.79 Å².